The number of ether oxygens (including phenoxy) is 1. The highest BCUT2D eigenvalue weighted by molar-refractivity contribution is 7.92. The quantitative estimate of drug-likeness (QED) is 0.730. The Balaban J connectivity index is 1.55. The number of carbonyl (C=O) groups is 1. The number of carbonyl (C=O) groups excluding carboxylic acids is 1. The lowest BCUT2D eigenvalue weighted by Crippen LogP contribution is -2.44. The molecule has 0 radical (unpaired) electrons. The lowest BCUT2D eigenvalue weighted by Gasteiger charge is -2.32. The smallest absolute Gasteiger partial charge is 0.238 e. The van der Waals surface area contributed by atoms with Crippen LogP contribution in [0.4, 0.5) is 8.78 Å². The zero-order chi connectivity index (χ0) is 20.3. The van der Waals surface area contributed by atoms with E-state index in [2.05, 4.69) is 0 Å². The number of sulfone groups is 1. The Kier molecular flexibility index (Phi) is 6.20. The third kappa shape index (κ3) is 4.99. The predicted octanol–water partition coefficient (Wildman–Crippen LogP) is 3.46. The van der Waals surface area contributed by atoms with Crippen LogP contribution in [0.25, 0.3) is 0 Å². The van der Waals surface area contributed by atoms with Crippen LogP contribution in [-0.4, -0.2) is 44.2 Å². The van der Waals surface area contributed by atoms with Gasteiger partial charge in [-0.15, -0.1) is 0 Å². The number of likely N-dealkylation sites (tertiary alicyclic amines) is 1. The van der Waals surface area contributed by atoms with Crippen LogP contribution in [-0.2, 0) is 14.6 Å². The minimum Gasteiger partial charge on any atom is -0.487 e. The maximum absolute atomic E-state index is 13.7. The first kappa shape index (κ1) is 20.5. The maximum atomic E-state index is 13.7. The van der Waals surface area contributed by atoms with Crippen molar-refractivity contribution in [2.45, 2.75) is 23.8 Å². The fourth-order valence-electron chi connectivity index (χ4n) is 2.95. The van der Waals surface area contributed by atoms with Gasteiger partial charge in [0.1, 0.15) is 17.7 Å². The molecule has 0 N–H and O–H groups in total. The Morgan fingerprint density at radius 3 is 2.36 bits per heavy atom. The zero-order valence-corrected chi connectivity index (χ0v) is 16.3. The second kappa shape index (κ2) is 8.45. The molecule has 0 saturated carbocycles. The molecule has 0 unspecified atom stereocenters. The second-order valence-electron chi connectivity index (χ2n) is 6.49. The highest BCUT2D eigenvalue weighted by atomic mass is 35.5. The van der Waals surface area contributed by atoms with Crippen LogP contribution in [0, 0.1) is 11.6 Å². The Bertz CT molecular complexity index is 958. The minimum absolute atomic E-state index is 0.0373. The SMILES string of the molecule is O=C(CS(=O)(=O)c1ccc(Cl)cc1)N1CCC(Oc2ccc(F)cc2F)CC1. The number of amides is 1. The summed E-state index contributed by atoms with van der Waals surface area (Å²) in [7, 11) is -3.76. The molecule has 2 aromatic rings. The molecule has 0 bridgehead atoms. The van der Waals surface area contributed by atoms with E-state index in [1.165, 1.54) is 35.2 Å². The van der Waals surface area contributed by atoms with Gasteiger partial charge in [-0.2, -0.15) is 0 Å². The third-order valence-electron chi connectivity index (χ3n) is 4.47. The Morgan fingerprint density at radius 2 is 1.75 bits per heavy atom. The summed E-state index contributed by atoms with van der Waals surface area (Å²) in [6.45, 7) is 0.588. The number of hydrogen-bond donors (Lipinski definition) is 0. The van der Waals surface area contributed by atoms with E-state index in [9.17, 15) is 22.0 Å². The number of nitrogens with zero attached hydrogens (tertiary/aromatic N) is 1. The van der Waals surface area contributed by atoms with E-state index < -0.39 is 33.1 Å². The first-order valence-electron chi connectivity index (χ1n) is 8.62. The topological polar surface area (TPSA) is 63.7 Å². The summed E-state index contributed by atoms with van der Waals surface area (Å²) in [6, 6.07) is 8.71. The van der Waals surface area contributed by atoms with Gasteiger partial charge in [0.05, 0.1) is 4.90 Å². The summed E-state index contributed by atoms with van der Waals surface area (Å²) in [4.78, 5) is 13.9. The fraction of sp³-hybridized carbons (Fsp3) is 0.316. The van der Waals surface area contributed by atoms with Gasteiger partial charge < -0.3 is 9.64 Å². The molecule has 1 amide bonds. The summed E-state index contributed by atoms with van der Waals surface area (Å²) < 4.78 is 56.9. The summed E-state index contributed by atoms with van der Waals surface area (Å²) in [6.07, 6.45) is 0.504. The zero-order valence-electron chi connectivity index (χ0n) is 14.8. The molecule has 150 valence electrons. The van der Waals surface area contributed by atoms with E-state index in [1.54, 1.807) is 0 Å². The van der Waals surface area contributed by atoms with E-state index in [1.807, 2.05) is 0 Å². The molecule has 28 heavy (non-hydrogen) atoms. The van der Waals surface area contributed by atoms with E-state index in [0.29, 0.717) is 31.0 Å². The van der Waals surface area contributed by atoms with Crippen molar-refractivity contribution in [1.82, 2.24) is 4.90 Å². The molecule has 1 heterocycles. The predicted molar refractivity (Wildman–Crippen MR) is 100 cm³/mol. The number of benzene rings is 2. The number of hydrogen-bond acceptors (Lipinski definition) is 4. The molecule has 5 nitrogen and oxygen atoms in total. The number of halogens is 3. The van der Waals surface area contributed by atoms with E-state index in [-0.39, 0.29) is 16.7 Å². The molecule has 1 saturated heterocycles. The van der Waals surface area contributed by atoms with Crippen molar-refractivity contribution in [1.29, 1.82) is 0 Å². The van der Waals surface area contributed by atoms with E-state index in [4.69, 9.17) is 16.3 Å². The Labute approximate surface area is 166 Å². The molecule has 1 aliphatic heterocycles. The van der Waals surface area contributed by atoms with Gasteiger partial charge in [0.25, 0.3) is 0 Å². The van der Waals surface area contributed by atoms with Gasteiger partial charge in [0.2, 0.25) is 5.91 Å². The highest BCUT2D eigenvalue weighted by Gasteiger charge is 2.28. The Morgan fingerprint density at radius 1 is 1.11 bits per heavy atom. The molecular formula is C19H18ClF2NO4S. The molecule has 1 fully saturated rings. The first-order chi connectivity index (χ1) is 13.2. The van der Waals surface area contributed by atoms with Crippen LogP contribution in [0.2, 0.25) is 5.02 Å². The van der Waals surface area contributed by atoms with Crippen LogP contribution in [0.1, 0.15) is 12.8 Å². The fourth-order valence-corrected chi connectivity index (χ4v) is 4.30. The van der Waals surface area contributed by atoms with Crippen LogP contribution >= 0.6 is 11.6 Å². The van der Waals surface area contributed by atoms with Gasteiger partial charge in [-0.1, -0.05) is 11.6 Å². The van der Waals surface area contributed by atoms with Gasteiger partial charge >= 0.3 is 0 Å². The van der Waals surface area contributed by atoms with Gasteiger partial charge in [-0.05, 0) is 36.4 Å². The van der Waals surface area contributed by atoms with Gasteiger partial charge in [0, 0.05) is 37.0 Å². The summed E-state index contributed by atoms with van der Waals surface area (Å²) in [5.74, 6) is -2.65. The van der Waals surface area contributed by atoms with Crippen LogP contribution in [0.3, 0.4) is 0 Å². The number of piperidine rings is 1. The van der Waals surface area contributed by atoms with Crippen molar-refractivity contribution >= 4 is 27.3 Å². The van der Waals surface area contributed by atoms with Gasteiger partial charge in [0.15, 0.2) is 21.4 Å². The van der Waals surface area contributed by atoms with Crippen molar-refractivity contribution < 1.29 is 26.7 Å². The highest BCUT2D eigenvalue weighted by Crippen LogP contribution is 2.23. The summed E-state index contributed by atoms with van der Waals surface area (Å²) >= 11 is 5.75. The molecule has 0 atom stereocenters. The average molecular weight is 430 g/mol. The van der Waals surface area contributed by atoms with Crippen LogP contribution < -0.4 is 4.74 Å². The molecule has 0 aromatic heterocycles. The Hall–Kier alpha value is -2.19. The molecular weight excluding hydrogens is 412 g/mol. The van der Waals surface area contributed by atoms with E-state index in [0.717, 1.165) is 12.1 Å². The minimum atomic E-state index is -3.76. The van der Waals surface area contributed by atoms with Crippen molar-refractivity contribution in [3.63, 3.8) is 0 Å². The van der Waals surface area contributed by atoms with Crippen LogP contribution in [0.5, 0.6) is 5.75 Å². The van der Waals surface area contributed by atoms with Crippen molar-refractivity contribution in [3.8, 4) is 5.75 Å². The second-order valence-corrected chi connectivity index (χ2v) is 8.91. The summed E-state index contributed by atoms with van der Waals surface area (Å²) in [5, 5.41) is 0.407. The standard InChI is InChI=1S/C19H18ClF2NO4S/c20-13-1-4-16(5-2-13)28(25,26)12-19(24)23-9-7-15(8-10-23)27-18-6-3-14(21)11-17(18)22/h1-6,11,15H,7-10,12H2. The normalized spacial score (nSPS) is 15.5. The largest absolute Gasteiger partial charge is 0.487 e. The lowest BCUT2D eigenvalue weighted by atomic mass is 10.1. The third-order valence-corrected chi connectivity index (χ3v) is 6.34. The van der Waals surface area contributed by atoms with Gasteiger partial charge in [-0.25, -0.2) is 17.2 Å². The van der Waals surface area contributed by atoms with E-state index >= 15 is 0 Å². The van der Waals surface area contributed by atoms with Gasteiger partial charge in [-0.3, -0.25) is 4.79 Å². The summed E-state index contributed by atoms with van der Waals surface area (Å²) in [5.41, 5.74) is 0. The molecule has 3 rings (SSSR count). The lowest BCUT2D eigenvalue weighted by molar-refractivity contribution is -0.130. The monoisotopic (exact) mass is 429 g/mol. The molecule has 2 aromatic carbocycles. The van der Waals surface area contributed by atoms with Crippen molar-refractivity contribution in [2.75, 3.05) is 18.8 Å². The average Bonchev–Trinajstić information content (AvgIpc) is 2.64. The molecule has 0 aliphatic carbocycles. The molecule has 0 spiro atoms. The first-order valence-corrected chi connectivity index (χ1v) is 10.7. The maximum Gasteiger partial charge on any atom is 0.238 e. The van der Waals surface area contributed by atoms with Crippen LogP contribution in [0.15, 0.2) is 47.4 Å². The molecule has 1 aliphatic rings. The molecule has 9 heteroatoms. The number of rotatable bonds is 5. The van der Waals surface area contributed by atoms with Crippen molar-refractivity contribution in [2.24, 2.45) is 0 Å². The van der Waals surface area contributed by atoms with Crippen molar-refractivity contribution in [3.05, 3.63) is 59.1 Å².